The van der Waals surface area contributed by atoms with E-state index in [9.17, 15) is 14.7 Å². The average molecular weight is 279 g/mol. The number of aliphatic carboxylic acids is 1. The number of hydrogen-bond donors (Lipinski definition) is 1. The Labute approximate surface area is 118 Å². The highest BCUT2D eigenvalue weighted by Crippen LogP contribution is 2.40. The summed E-state index contributed by atoms with van der Waals surface area (Å²) in [6.45, 7) is 5.77. The normalized spacial score (nSPS) is 24.6. The van der Waals surface area contributed by atoms with Gasteiger partial charge in [-0.3, -0.25) is 9.59 Å². The third-order valence-corrected chi connectivity index (χ3v) is 3.71. The maximum atomic E-state index is 12.4. The van der Waals surface area contributed by atoms with E-state index in [2.05, 4.69) is 0 Å². The molecule has 1 amide bonds. The fourth-order valence-corrected chi connectivity index (χ4v) is 2.92. The summed E-state index contributed by atoms with van der Waals surface area (Å²) in [5.74, 6) is -0.979. The lowest BCUT2D eigenvalue weighted by atomic mass is 9.90. The Bertz CT molecular complexity index is 486. The summed E-state index contributed by atoms with van der Waals surface area (Å²) in [6, 6.07) is 2.93. The Hall–Kier alpha value is -1.78. The van der Waals surface area contributed by atoms with Crippen molar-refractivity contribution in [3.63, 3.8) is 0 Å². The van der Waals surface area contributed by atoms with Crippen LogP contribution in [-0.2, 0) is 9.59 Å². The van der Waals surface area contributed by atoms with E-state index in [4.69, 9.17) is 4.42 Å². The first-order chi connectivity index (χ1) is 9.32. The Kier molecular flexibility index (Phi) is 3.88. The van der Waals surface area contributed by atoms with Gasteiger partial charge in [0, 0.05) is 12.0 Å². The van der Waals surface area contributed by atoms with Gasteiger partial charge in [0.05, 0.1) is 12.2 Å². The number of carboxylic acid groups (broad SMARTS) is 1. The van der Waals surface area contributed by atoms with Crippen LogP contribution in [0.1, 0.15) is 51.8 Å². The van der Waals surface area contributed by atoms with E-state index in [1.807, 2.05) is 20.8 Å². The second kappa shape index (κ2) is 5.31. The van der Waals surface area contributed by atoms with Gasteiger partial charge in [0.25, 0.3) is 0 Å². The minimum Gasteiger partial charge on any atom is -0.481 e. The molecule has 0 spiro atoms. The van der Waals surface area contributed by atoms with Crippen LogP contribution in [-0.4, -0.2) is 27.4 Å². The van der Waals surface area contributed by atoms with Crippen molar-refractivity contribution < 1.29 is 19.1 Å². The van der Waals surface area contributed by atoms with Crippen LogP contribution >= 0.6 is 0 Å². The van der Waals surface area contributed by atoms with Crippen LogP contribution in [0, 0.1) is 5.92 Å². The fourth-order valence-electron chi connectivity index (χ4n) is 2.92. The molecule has 2 rings (SSSR count). The number of rotatable bonds is 2. The van der Waals surface area contributed by atoms with E-state index >= 15 is 0 Å². The average Bonchev–Trinajstić information content (AvgIpc) is 2.77. The largest absolute Gasteiger partial charge is 0.481 e. The molecule has 0 bridgehead atoms. The molecular weight excluding hydrogens is 258 g/mol. The number of carboxylic acids is 1. The van der Waals surface area contributed by atoms with Crippen molar-refractivity contribution in [1.29, 1.82) is 0 Å². The molecule has 5 heteroatoms. The monoisotopic (exact) mass is 279 g/mol. The van der Waals surface area contributed by atoms with E-state index in [1.165, 1.54) is 6.26 Å². The lowest BCUT2D eigenvalue weighted by Crippen LogP contribution is -2.49. The second-order valence-corrected chi connectivity index (χ2v) is 6.23. The smallest absolute Gasteiger partial charge is 0.309 e. The first kappa shape index (κ1) is 14.6. The zero-order chi connectivity index (χ0) is 14.9. The van der Waals surface area contributed by atoms with Crippen LogP contribution in [0.5, 0.6) is 0 Å². The van der Waals surface area contributed by atoms with Gasteiger partial charge in [-0.2, -0.15) is 0 Å². The van der Waals surface area contributed by atoms with Crippen molar-refractivity contribution in [1.82, 2.24) is 4.90 Å². The van der Waals surface area contributed by atoms with Crippen LogP contribution in [0.3, 0.4) is 0 Å². The third-order valence-electron chi connectivity index (χ3n) is 3.71. The first-order valence-electron chi connectivity index (χ1n) is 6.90. The molecule has 1 aromatic heterocycles. The van der Waals surface area contributed by atoms with E-state index < -0.39 is 23.5 Å². The molecule has 2 heterocycles. The van der Waals surface area contributed by atoms with Crippen molar-refractivity contribution in [2.75, 3.05) is 0 Å². The molecule has 5 nitrogen and oxygen atoms in total. The minimum absolute atomic E-state index is 0.0114. The highest BCUT2D eigenvalue weighted by Gasteiger charge is 2.44. The number of hydrogen-bond acceptors (Lipinski definition) is 3. The van der Waals surface area contributed by atoms with Gasteiger partial charge in [0.2, 0.25) is 5.91 Å². The molecule has 0 aliphatic carbocycles. The molecule has 2 unspecified atom stereocenters. The molecule has 1 N–H and O–H groups in total. The van der Waals surface area contributed by atoms with Gasteiger partial charge in [-0.1, -0.05) is 0 Å². The van der Waals surface area contributed by atoms with E-state index in [0.29, 0.717) is 25.0 Å². The predicted octanol–water partition coefficient (Wildman–Crippen LogP) is 2.83. The molecule has 1 aromatic rings. The molecule has 20 heavy (non-hydrogen) atoms. The van der Waals surface area contributed by atoms with Crippen molar-refractivity contribution in [3.8, 4) is 0 Å². The maximum Gasteiger partial charge on any atom is 0.309 e. The molecule has 0 radical (unpaired) electrons. The summed E-state index contributed by atoms with van der Waals surface area (Å²) < 4.78 is 5.43. The first-order valence-corrected chi connectivity index (χ1v) is 6.90. The van der Waals surface area contributed by atoms with Crippen LogP contribution in [0.15, 0.2) is 22.8 Å². The summed E-state index contributed by atoms with van der Waals surface area (Å²) in [4.78, 5) is 25.7. The fraction of sp³-hybridized carbons (Fsp3) is 0.600. The summed E-state index contributed by atoms with van der Waals surface area (Å²) in [6.07, 6.45) is 2.99. The van der Waals surface area contributed by atoms with Gasteiger partial charge in [0.1, 0.15) is 11.8 Å². The summed E-state index contributed by atoms with van der Waals surface area (Å²) in [5.41, 5.74) is -0.452. The van der Waals surface area contributed by atoms with Gasteiger partial charge >= 0.3 is 5.97 Å². The van der Waals surface area contributed by atoms with Crippen molar-refractivity contribution >= 4 is 11.9 Å². The second-order valence-electron chi connectivity index (χ2n) is 6.23. The van der Waals surface area contributed by atoms with E-state index in [-0.39, 0.29) is 5.91 Å². The molecule has 0 aromatic carbocycles. The Morgan fingerprint density at radius 3 is 2.65 bits per heavy atom. The van der Waals surface area contributed by atoms with Crippen molar-refractivity contribution in [2.45, 2.75) is 51.6 Å². The summed E-state index contributed by atoms with van der Waals surface area (Å²) >= 11 is 0. The van der Waals surface area contributed by atoms with Crippen LogP contribution in [0.25, 0.3) is 0 Å². The van der Waals surface area contributed by atoms with Gasteiger partial charge in [0.15, 0.2) is 0 Å². The molecular formula is C15H21NO4. The Balaban J connectivity index is 2.52. The van der Waals surface area contributed by atoms with Gasteiger partial charge < -0.3 is 14.4 Å². The quantitative estimate of drug-likeness (QED) is 0.903. The number of carbonyl (C=O) groups is 2. The van der Waals surface area contributed by atoms with Gasteiger partial charge in [-0.05, 0) is 45.7 Å². The number of nitrogens with zero attached hydrogens (tertiary/aromatic N) is 1. The zero-order valence-electron chi connectivity index (χ0n) is 12.1. The van der Waals surface area contributed by atoms with Gasteiger partial charge in [-0.25, -0.2) is 0 Å². The SMILES string of the molecule is CC(C)(C)N1C(=O)CCCC(C(=O)O)C1c1ccco1. The molecule has 1 saturated heterocycles. The molecule has 0 saturated carbocycles. The Morgan fingerprint density at radius 2 is 2.15 bits per heavy atom. The Morgan fingerprint density at radius 1 is 1.45 bits per heavy atom. The topological polar surface area (TPSA) is 70.8 Å². The van der Waals surface area contributed by atoms with E-state index in [0.717, 1.165) is 0 Å². The standard InChI is InChI=1S/C15H21NO4/c1-15(2,3)16-12(17)8-4-6-10(14(18)19)13(16)11-7-5-9-20-11/h5,7,9-10,13H,4,6,8H2,1-3H3,(H,18,19). The lowest BCUT2D eigenvalue weighted by Gasteiger charge is -2.41. The predicted molar refractivity (Wildman–Crippen MR) is 73.0 cm³/mol. The summed E-state index contributed by atoms with van der Waals surface area (Å²) in [5, 5.41) is 9.52. The molecule has 110 valence electrons. The number of likely N-dealkylation sites (tertiary alicyclic amines) is 1. The van der Waals surface area contributed by atoms with Crippen LogP contribution in [0.2, 0.25) is 0 Å². The van der Waals surface area contributed by atoms with Crippen LogP contribution < -0.4 is 0 Å². The highest BCUT2D eigenvalue weighted by molar-refractivity contribution is 5.80. The van der Waals surface area contributed by atoms with Crippen molar-refractivity contribution in [2.24, 2.45) is 5.92 Å². The van der Waals surface area contributed by atoms with Gasteiger partial charge in [-0.15, -0.1) is 0 Å². The molecule has 2 atom stereocenters. The number of furan rings is 1. The third kappa shape index (κ3) is 2.71. The molecule has 1 aliphatic heterocycles. The molecule has 1 fully saturated rings. The highest BCUT2D eigenvalue weighted by atomic mass is 16.4. The maximum absolute atomic E-state index is 12.4. The van der Waals surface area contributed by atoms with Crippen LogP contribution in [0.4, 0.5) is 0 Å². The lowest BCUT2D eigenvalue weighted by molar-refractivity contribution is -0.149. The summed E-state index contributed by atoms with van der Waals surface area (Å²) in [7, 11) is 0. The zero-order valence-corrected chi connectivity index (χ0v) is 12.1. The number of amides is 1. The molecule has 1 aliphatic rings. The number of carbonyl (C=O) groups excluding carboxylic acids is 1. The van der Waals surface area contributed by atoms with Crippen molar-refractivity contribution in [3.05, 3.63) is 24.2 Å². The minimum atomic E-state index is -0.879. The van der Waals surface area contributed by atoms with E-state index in [1.54, 1.807) is 17.0 Å².